The normalized spacial score (nSPS) is 11.8. The fourth-order valence-electron chi connectivity index (χ4n) is 2.92. The van der Waals surface area contributed by atoms with Gasteiger partial charge in [-0.3, -0.25) is 4.79 Å². The van der Waals surface area contributed by atoms with Crippen molar-refractivity contribution in [2.75, 3.05) is 7.11 Å². The van der Waals surface area contributed by atoms with Crippen LogP contribution in [0.5, 0.6) is 11.5 Å². The summed E-state index contributed by atoms with van der Waals surface area (Å²) in [6.45, 7) is 4.36. The molecule has 3 aromatic carbocycles. The molecule has 4 nitrogen and oxygen atoms in total. The van der Waals surface area contributed by atoms with Crippen molar-refractivity contribution in [3.8, 4) is 11.5 Å². The SMILES string of the molecule is CCC(C)NC(=O)c1ccc(OC)c(COc2cccc3ccccc23)c1. The first-order valence-corrected chi connectivity index (χ1v) is 9.20. The number of rotatable bonds is 7. The summed E-state index contributed by atoms with van der Waals surface area (Å²) in [5.74, 6) is 1.43. The van der Waals surface area contributed by atoms with Gasteiger partial charge in [0, 0.05) is 22.6 Å². The first-order valence-electron chi connectivity index (χ1n) is 9.20. The standard InChI is InChI=1S/C23H25NO3/c1-4-16(2)24-23(25)18-12-13-21(26-3)19(14-18)15-27-22-11-7-9-17-8-5-6-10-20(17)22/h5-14,16H,4,15H2,1-3H3,(H,24,25). The van der Waals surface area contributed by atoms with E-state index in [9.17, 15) is 4.79 Å². The van der Waals surface area contributed by atoms with E-state index in [2.05, 4.69) is 17.4 Å². The number of carbonyl (C=O) groups excluding carboxylic acids is 1. The Morgan fingerprint density at radius 2 is 1.81 bits per heavy atom. The molecule has 140 valence electrons. The molecule has 3 rings (SSSR count). The number of carbonyl (C=O) groups is 1. The second-order valence-corrected chi connectivity index (χ2v) is 6.58. The molecule has 1 atom stereocenters. The Bertz CT molecular complexity index is 931. The van der Waals surface area contributed by atoms with Crippen molar-refractivity contribution in [2.24, 2.45) is 0 Å². The maximum atomic E-state index is 12.4. The Kier molecular flexibility index (Phi) is 5.97. The number of benzene rings is 3. The predicted molar refractivity (Wildman–Crippen MR) is 108 cm³/mol. The third-order valence-electron chi connectivity index (χ3n) is 4.67. The Labute approximate surface area is 160 Å². The monoisotopic (exact) mass is 363 g/mol. The topological polar surface area (TPSA) is 47.6 Å². The van der Waals surface area contributed by atoms with Crippen LogP contribution >= 0.6 is 0 Å². The van der Waals surface area contributed by atoms with Crippen LogP contribution in [0.4, 0.5) is 0 Å². The Hall–Kier alpha value is -3.01. The lowest BCUT2D eigenvalue weighted by atomic mass is 10.1. The maximum absolute atomic E-state index is 12.4. The van der Waals surface area contributed by atoms with E-state index in [1.165, 1.54) is 0 Å². The van der Waals surface area contributed by atoms with E-state index < -0.39 is 0 Å². The zero-order chi connectivity index (χ0) is 19.2. The summed E-state index contributed by atoms with van der Waals surface area (Å²) in [6, 6.07) is 19.6. The van der Waals surface area contributed by atoms with Crippen molar-refractivity contribution >= 4 is 16.7 Å². The van der Waals surface area contributed by atoms with Crippen molar-refractivity contribution in [2.45, 2.75) is 32.9 Å². The first kappa shape index (κ1) is 18.8. The Balaban J connectivity index is 1.82. The second-order valence-electron chi connectivity index (χ2n) is 6.58. The molecule has 0 radical (unpaired) electrons. The Morgan fingerprint density at radius 3 is 2.59 bits per heavy atom. The van der Waals surface area contributed by atoms with Crippen LogP contribution in [0.15, 0.2) is 60.7 Å². The summed E-state index contributed by atoms with van der Waals surface area (Å²) in [7, 11) is 1.62. The molecule has 0 heterocycles. The highest BCUT2D eigenvalue weighted by atomic mass is 16.5. The molecule has 4 heteroatoms. The van der Waals surface area contributed by atoms with Gasteiger partial charge in [0.1, 0.15) is 18.1 Å². The predicted octanol–water partition coefficient (Wildman–Crippen LogP) is 4.96. The van der Waals surface area contributed by atoms with E-state index in [-0.39, 0.29) is 11.9 Å². The fraction of sp³-hybridized carbons (Fsp3) is 0.261. The summed E-state index contributed by atoms with van der Waals surface area (Å²) >= 11 is 0. The van der Waals surface area contributed by atoms with Gasteiger partial charge in [0.25, 0.3) is 5.91 Å². The number of hydrogen-bond donors (Lipinski definition) is 1. The number of ether oxygens (including phenoxy) is 2. The van der Waals surface area contributed by atoms with Crippen LogP contribution in [0.3, 0.4) is 0 Å². The van der Waals surface area contributed by atoms with Gasteiger partial charge < -0.3 is 14.8 Å². The molecule has 27 heavy (non-hydrogen) atoms. The van der Waals surface area contributed by atoms with E-state index in [0.29, 0.717) is 17.9 Å². The zero-order valence-electron chi connectivity index (χ0n) is 16.0. The maximum Gasteiger partial charge on any atom is 0.251 e. The van der Waals surface area contributed by atoms with E-state index in [4.69, 9.17) is 9.47 Å². The fourth-order valence-corrected chi connectivity index (χ4v) is 2.92. The summed E-state index contributed by atoms with van der Waals surface area (Å²) in [5.41, 5.74) is 1.44. The molecule has 1 N–H and O–H groups in total. The minimum Gasteiger partial charge on any atom is -0.496 e. The highest BCUT2D eigenvalue weighted by molar-refractivity contribution is 5.94. The van der Waals surface area contributed by atoms with Crippen molar-refractivity contribution in [1.29, 1.82) is 0 Å². The van der Waals surface area contributed by atoms with E-state index in [0.717, 1.165) is 28.5 Å². The molecule has 0 aromatic heterocycles. The van der Waals surface area contributed by atoms with Gasteiger partial charge in [-0.15, -0.1) is 0 Å². The number of amides is 1. The molecule has 0 bridgehead atoms. The third kappa shape index (κ3) is 4.40. The van der Waals surface area contributed by atoms with Crippen LogP contribution in [0, 0.1) is 0 Å². The van der Waals surface area contributed by atoms with Gasteiger partial charge in [-0.1, -0.05) is 43.3 Å². The van der Waals surface area contributed by atoms with Gasteiger partial charge in [-0.25, -0.2) is 0 Å². The van der Waals surface area contributed by atoms with E-state index >= 15 is 0 Å². The molecule has 0 saturated carbocycles. The minimum atomic E-state index is -0.0848. The van der Waals surface area contributed by atoms with Gasteiger partial charge in [0.2, 0.25) is 0 Å². The quantitative estimate of drug-likeness (QED) is 0.646. The lowest BCUT2D eigenvalue weighted by molar-refractivity contribution is 0.0939. The molecule has 0 aliphatic carbocycles. The molecule has 1 amide bonds. The molecule has 3 aromatic rings. The average molecular weight is 363 g/mol. The van der Waals surface area contributed by atoms with Crippen molar-refractivity contribution < 1.29 is 14.3 Å². The molecule has 0 spiro atoms. The van der Waals surface area contributed by atoms with Crippen LogP contribution in [-0.2, 0) is 6.61 Å². The van der Waals surface area contributed by atoms with Crippen LogP contribution < -0.4 is 14.8 Å². The molecular weight excluding hydrogens is 338 g/mol. The number of hydrogen-bond acceptors (Lipinski definition) is 3. The van der Waals surface area contributed by atoms with Crippen LogP contribution in [0.1, 0.15) is 36.2 Å². The molecule has 0 fully saturated rings. The highest BCUT2D eigenvalue weighted by Gasteiger charge is 2.13. The molecular formula is C23H25NO3. The number of fused-ring (bicyclic) bond motifs is 1. The number of nitrogens with one attached hydrogen (secondary N) is 1. The molecule has 0 aliphatic heterocycles. The van der Waals surface area contributed by atoms with Crippen LogP contribution in [-0.4, -0.2) is 19.1 Å². The molecule has 1 unspecified atom stereocenters. The lowest BCUT2D eigenvalue weighted by Crippen LogP contribution is -2.31. The molecule has 0 saturated heterocycles. The highest BCUT2D eigenvalue weighted by Crippen LogP contribution is 2.28. The zero-order valence-corrected chi connectivity index (χ0v) is 16.0. The number of methoxy groups -OCH3 is 1. The van der Waals surface area contributed by atoms with Crippen LogP contribution in [0.2, 0.25) is 0 Å². The van der Waals surface area contributed by atoms with Crippen molar-refractivity contribution in [3.63, 3.8) is 0 Å². The summed E-state index contributed by atoms with van der Waals surface area (Å²) < 4.78 is 11.5. The third-order valence-corrected chi connectivity index (χ3v) is 4.67. The average Bonchev–Trinajstić information content (AvgIpc) is 2.71. The van der Waals surface area contributed by atoms with Crippen molar-refractivity contribution in [1.82, 2.24) is 5.32 Å². The summed E-state index contributed by atoms with van der Waals surface area (Å²) in [6.07, 6.45) is 0.888. The molecule has 0 aliphatic rings. The minimum absolute atomic E-state index is 0.0848. The van der Waals surface area contributed by atoms with Gasteiger partial charge in [0.05, 0.1) is 7.11 Å². The van der Waals surface area contributed by atoms with Crippen LogP contribution in [0.25, 0.3) is 10.8 Å². The summed E-state index contributed by atoms with van der Waals surface area (Å²) in [4.78, 5) is 12.4. The van der Waals surface area contributed by atoms with E-state index in [1.54, 1.807) is 13.2 Å². The van der Waals surface area contributed by atoms with Gasteiger partial charge in [0.15, 0.2) is 0 Å². The summed E-state index contributed by atoms with van der Waals surface area (Å²) in [5, 5.41) is 5.18. The Morgan fingerprint density at radius 1 is 1.04 bits per heavy atom. The smallest absolute Gasteiger partial charge is 0.251 e. The largest absolute Gasteiger partial charge is 0.496 e. The lowest BCUT2D eigenvalue weighted by Gasteiger charge is -2.15. The second kappa shape index (κ2) is 8.58. The first-order chi connectivity index (χ1) is 13.1. The van der Waals surface area contributed by atoms with Gasteiger partial charge in [-0.2, -0.15) is 0 Å². The van der Waals surface area contributed by atoms with Gasteiger partial charge >= 0.3 is 0 Å². The van der Waals surface area contributed by atoms with Crippen molar-refractivity contribution in [3.05, 3.63) is 71.8 Å². The van der Waals surface area contributed by atoms with E-state index in [1.807, 2.05) is 56.3 Å². The van der Waals surface area contributed by atoms with Gasteiger partial charge in [-0.05, 0) is 43.0 Å².